The first-order chi connectivity index (χ1) is 10.7. The van der Waals surface area contributed by atoms with Gasteiger partial charge in [-0.1, -0.05) is 6.07 Å². The van der Waals surface area contributed by atoms with Gasteiger partial charge in [0.2, 0.25) is 0 Å². The number of benzene rings is 1. The molecule has 0 unspecified atom stereocenters. The molecule has 1 amide bonds. The maximum absolute atomic E-state index is 13.0. The normalized spacial score (nSPS) is 10.6. The van der Waals surface area contributed by atoms with Gasteiger partial charge in [-0.05, 0) is 42.6 Å². The molecule has 1 aromatic carbocycles. The third kappa shape index (κ3) is 2.93. The van der Waals surface area contributed by atoms with Crippen molar-refractivity contribution in [2.75, 3.05) is 11.4 Å². The fraction of sp³-hybridized carbons (Fsp3) is 0.125. The van der Waals surface area contributed by atoms with Crippen molar-refractivity contribution in [1.82, 2.24) is 4.98 Å². The summed E-state index contributed by atoms with van der Waals surface area (Å²) in [5.74, 6) is -0.492. The Balaban J connectivity index is 1.87. The van der Waals surface area contributed by atoms with E-state index < -0.39 is 0 Å². The van der Waals surface area contributed by atoms with Crippen LogP contribution in [0.4, 0.5) is 10.1 Å². The summed E-state index contributed by atoms with van der Waals surface area (Å²) >= 11 is 3.05. The Morgan fingerprint density at radius 1 is 1.23 bits per heavy atom. The van der Waals surface area contributed by atoms with Crippen LogP contribution in [0.2, 0.25) is 0 Å². The van der Waals surface area contributed by atoms with Gasteiger partial charge in [0.05, 0.1) is 4.88 Å². The van der Waals surface area contributed by atoms with Gasteiger partial charge in [-0.25, -0.2) is 9.37 Å². The second kappa shape index (κ2) is 6.37. The Bertz CT molecular complexity index is 766. The number of carbonyl (C=O) groups excluding carboxylic acids is 1. The number of thiophene rings is 1. The minimum atomic E-state index is -0.319. The summed E-state index contributed by atoms with van der Waals surface area (Å²) in [5, 5.41) is 4.59. The molecule has 0 fully saturated rings. The summed E-state index contributed by atoms with van der Waals surface area (Å²) in [6.07, 6.45) is 0. The van der Waals surface area contributed by atoms with Crippen LogP contribution in [-0.2, 0) is 0 Å². The molecule has 3 nitrogen and oxygen atoms in total. The van der Waals surface area contributed by atoms with Crippen LogP contribution in [-0.4, -0.2) is 17.4 Å². The van der Waals surface area contributed by atoms with E-state index >= 15 is 0 Å². The highest BCUT2D eigenvalue weighted by molar-refractivity contribution is 7.20. The largest absolute Gasteiger partial charge is 0.307 e. The SMILES string of the molecule is CCN(C(=O)c1csc(-c2cccs2)n1)c1ccc(F)cc1. The molecule has 0 N–H and O–H groups in total. The molecule has 0 aliphatic carbocycles. The number of thiazole rings is 1. The first-order valence-electron chi connectivity index (χ1n) is 6.76. The predicted molar refractivity (Wildman–Crippen MR) is 89.2 cm³/mol. The minimum Gasteiger partial charge on any atom is -0.307 e. The minimum absolute atomic E-state index is 0.173. The third-order valence-corrected chi connectivity index (χ3v) is 5.04. The van der Waals surface area contributed by atoms with E-state index in [0.717, 1.165) is 9.88 Å². The van der Waals surface area contributed by atoms with E-state index in [0.29, 0.717) is 17.9 Å². The lowest BCUT2D eigenvalue weighted by molar-refractivity contribution is 0.0984. The van der Waals surface area contributed by atoms with E-state index in [9.17, 15) is 9.18 Å². The average molecular weight is 332 g/mol. The zero-order valence-corrected chi connectivity index (χ0v) is 13.5. The molecule has 0 aliphatic heterocycles. The van der Waals surface area contributed by atoms with E-state index in [1.165, 1.54) is 23.5 Å². The Kier molecular flexibility index (Phi) is 4.31. The Hall–Kier alpha value is -2.05. The molecule has 0 saturated carbocycles. The van der Waals surface area contributed by atoms with Gasteiger partial charge in [-0.2, -0.15) is 0 Å². The molecule has 0 aliphatic rings. The van der Waals surface area contributed by atoms with Gasteiger partial charge in [-0.3, -0.25) is 4.79 Å². The number of hydrogen-bond donors (Lipinski definition) is 0. The van der Waals surface area contributed by atoms with Crippen molar-refractivity contribution >= 4 is 34.3 Å². The summed E-state index contributed by atoms with van der Waals surface area (Å²) in [6.45, 7) is 2.38. The van der Waals surface area contributed by atoms with Crippen LogP contribution < -0.4 is 4.90 Å². The van der Waals surface area contributed by atoms with Crippen molar-refractivity contribution in [3.8, 4) is 9.88 Å². The van der Waals surface area contributed by atoms with Crippen LogP contribution in [0.1, 0.15) is 17.4 Å². The molecular formula is C16H13FN2OS2. The molecule has 0 atom stereocenters. The Morgan fingerprint density at radius 3 is 2.64 bits per heavy atom. The van der Waals surface area contributed by atoms with Crippen molar-refractivity contribution in [3.63, 3.8) is 0 Å². The van der Waals surface area contributed by atoms with E-state index in [1.54, 1.807) is 33.7 Å². The molecule has 0 saturated heterocycles. The second-order valence-corrected chi connectivity index (χ2v) is 6.35. The van der Waals surface area contributed by atoms with E-state index in [4.69, 9.17) is 0 Å². The maximum atomic E-state index is 13.0. The molecule has 112 valence electrons. The summed E-state index contributed by atoms with van der Waals surface area (Å²) in [7, 11) is 0. The van der Waals surface area contributed by atoms with Crippen molar-refractivity contribution in [2.45, 2.75) is 6.92 Å². The molecule has 3 aromatic rings. The zero-order valence-electron chi connectivity index (χ0n) is 11.8. The predicted octanol–water partition coefficient (Wildman–Crippen LogP) is 4.68. The molecule has 2 heterocycles. The molecule has 3 rings (SSSR count). The summed E-state index contributed by atoms with van der Waals surface area (Å²) in [4.78, 5) is 19.7. The number of nitrogens with zero attached hydrogens (tertiary/aromatic N) is 2. The van der Waals surface area contributed by atoms with Crippen LogP contribution in [0.3, 0.4) is 0 Å². The Morgan fingerprint density at radius 2 is 2.00 bits per heavy atom. The van der Waals surface area contributed by atoms with Gasteiger partial charge in [0, 0.05) is 17.6 Å². The number of aromatic nitrogens is 1. The highest BCUT2D eigenvalue weighted by Gasteiger charge is 2.19. The molecule has 0 spiro atoms. The summed E-state index contributed by atoms with van der Waals surface area (Å²) in [6, 6.07) is 9.84. The van der Waals surface area contributed by atoms with E-state index in [1.807, 2.05) is 24.4 Å². The van der Waals surface area contributed by atoms with Crippen molar-refractivity contribution in [3.05, 3.63) is 58.7 Å². The number of anilines is 1. The smallest absolute Gasteiger partial charge is 0.277 e. The lowest BCUT2D eigenvalue weighted by Crippen LogP contribution is -2.30. The molecule has 0 bridgehead atoms. The van der Waals surface area contributed by atoms with E-state index in [-0.39, 0.29) is 11.7 Å². The Labute approximate surface area is 135 Å². The average Bonchev–Trinajstić information content (AvgIpc) is 3.20. The van der Waals surface area contributed by atoms with Crippen molar-refractivity contribution in [1.29, 1.82) is 0 Å². The quantitative estimate of drug-likeness (QED) is 0.695. The fourth-order valence-corrected chi connectivity index (χ4v) is 3.70. The number of rotatable bonds is 4. The third-order valence-electron chi connectivity index (χ3n) is 3.15. The number of carbonyl (C=O) groups is 1. The second-order valence-electron chi connectivity index (χ2n) is 4.54. The van der Waals surface area contributed by atoms with Gasteiger partial charge < -0.3 is 4.90 Å². The monoisotopic (exact) mass is 332 g/mol. The number of amides is 1. The van der Waals surface area contributed by atoms with Crippen LogP contribution in [0.25, 0.3) is 9.88 Å². The van der Waals surface area contributed by atoms with Crippen LogP contribution in [0, 0.1) is 5.82 Å². The highest BCUT2D eigenvalue weighted by Crippen LogP contribution is 2.28. The lowest BCUT2D eigenvalue weighted by Gasteiger charge is -2.19. The summed E-state index contributed by atoms with van der Waals surface area (Å²) in [5.41, 5.74) is 1.08. The zero-order chi connectivity index (χ0) is 15.5. The first-order valence-corrected chi connectivity index (χ1v) is 8.52. The van der Waals surface area contributed by atoms with Crippen LogP contribution in [0.15, 0.2) is 47.2 Å². The van der Waals surface area contributed by atoms with Gasteiger partial charge in [-0.15, -0.1) is 22.7 Å². The first kappa shape index (κ1) is 14.9. The van der Waals surface area contributed by atoms with Gasteiger partial charge in [0.25, 0.3) is 5.91 Å². The van der Waals surface area contributed by atoms with E-state index in [2.05, 4.69) is 4.98 Å². The highest BCUT2D eigenvalue weighted by atomic mass is 32.1. The van der Waals surface area contributed by atoms with Gasteiger partial charge in [0.15, 0.2) is 0 Å². The summed E-state index contributed by atoms with van der Waals surface area (Å²) < 4.78 is 13.0. The number of hydrogen-bond acceptors (Lipinski definition) is 4. The van der Waals surface area contributed by atoms with Gasteiger partial charge >= 0.3 is 0 Å². The molecule has 2 aromatic heterocycles. The van der Waals surface area contributed by atoms with Crippen molar-refractivity contribution < 1.29 is 9.18 Å². The van der Waals surface area contributed by atoms with Gasteiger partial charge in [0.1, 0.15) is 16.5 Å². The lowest BCUT2D eigenvalue weighted by atomic mass is 10.2. The molecular weight excluding hydrogens is 319 g/mol. The molecule has 6 heteroatoms. The van der Waals surface area contributed by atoms with Crippen LogP contribution in [0.5, 0.6) is 0 Å². The molecule has 0 radical (unpaired) electrons. The van der Waals surface area contributed by atoms with Crippen LogP contribution >= 0.6 is 22.7 Å². The standard InChI is InChI=1S/C16H13FN2OS2/c1-2-19(12-7-5-11(17)6-8-12)16(20)13-10-22-15(18-13)14-4-3-9-21-14/h3-10H,2H2,1H3. The topological polar surface area (TPSA) is 33.2 Å². The molecule has 22 heavy (non-hydrogen) atoms. The maximum Gasteiger partial charge on any atom is 0.277 e. The van der Waals surface area contributed by atoms with Crippen molar-refractivity contribution in [2.24, 2.45) is 0 Å². The number of halogens is 1. The fourth-order valence-electron chi connectivity index (χ4n) is 2.09.